The summed E-state index contributed by atoms with van der Waals surface area (Å²) in [6.45, 7) is 2.85. The van der Waals surface area contributed by atoms with Gasteiger partial charge in [-0.25, -0.2) is 4.39 Å². The Morgan fingerprint density at radius 1 is 1.18 bits per heavy atom. The van der Waals surface area contributed by atoms with Gasteiger partial charge in [-0.2, -0.15) is 0 Å². The Kier molecular flexibility index (Phi) is 8.21. The van der Waals surface area contributed by atoms with Gasteiger partial charge in [-0.15, -0.1) is 0 Å². The number of carbonyl (C=O) groups is 1. The van der Waals surface area contributed by atoms with Crippen LogP contribution in [0.3, 0.4) is 0 Å². The minimum absolute atomic E-state index is 0.205. The molecular weight excluding hydrogens is 443 g/mol. The Hall–Kier alpha value is -2.88. The lowest BCUT2D eigenvalue weighted by molar-refractivity contribution is -0.123. The standard InChI is InChI=1S/C25H31FN2O6/c26-18-4-6-20(7-5-18)32-11-1-2-24(30)27-21(16-28-10-9-19(29)15-28)25(31)17-3-8-22-23(14-17)34-13-12-33-22/h3-8,14,19,21,25,29,31H,1-2,9-13,15-16H2,(H,27,30)/t19-,21-,25+/m0/s1. The number of likely N-dealkylation sites (tertiary alicyclic amines) is 1. The SMILES string of the molecule is O=C(CCCOc1ccc(F)cc1)N[C@@H](CN1CC[C@H](O)C1)[C@H](O)c1ccc2c(c1)OCCO2. The van der Waals surface area contributed by atoms with E-state index in [1.165, 1.54) is 12.1 Å². The lowest BCUT2D eigenvalue weighted by Gasteiger charge is -2.29. The monoisotopic (exact) mass is 474 g/mol. The molecule has 0 unspecified atom stereocenters. The van der Waals surface area contributed by atoms with Crippen molar-refractivity contribution in [3.05, 3.63) is 53.8 Å². The molecule has 2 heterocycles. The van der Waals surface area contributed by atoms with Gasteiger partial charge in [0, 0.05) is 26.1 Å². The highest BCUT2D eigenvalue weighted by Crippen LogP contribution is 2.33. The van der Waals surface area contributed by atoms with Gasteiger partial charge in [-0.05, 0) is 54.8 Å². The van der Waals surface area contributed by atoms with Gasteiger partial charge >= 0.3 is 0 Å². The molecule has 1 fully saturated rings. The van der Waals surface area contributed by atoms with E-state index in [0.29, 0.717) is 75.1 Å². The second kappa shape index (κ2) is 11.5. The molecule has 0 spiro atoms. The predicted molar refractivity (Wildman–Crippen MR) is 123 cm³/mol. The number of β-amino-alcohol motifs (C(OH)–C–C–N with tert-alkyl or cyclic N) is 1. The van der Waals surface area contributed by atoms with Crippen molar-refractivity contribution in [2.75, 3.05) is 39.5 Å². The highest BCUT2D eigenvalue weighted by Gasteiger charge is 2.29. The molecule has 2 aliphatic rings. The number of aliphatic hydroxyl groups is 2. The van der Waals surface area contributed by atoms with Gasteiger partial charge in [0.1, 0.15) is 30.9 Å². The van der Waals surface area contributed by atoms with E-state index in [2.05, 4.69) is 5.32 Å². The van der Waals surface area contributed by atoms with E-state index >= 15 is 0 Å². The van der Waals surface area contributed by atoms with E-state index < -0.39 is 18.2 Å². The van der Waals surface area contributed by atoms with Crippen molar-refractivity contribution in [1.29, 1.82) is 0 Å². The molecule has 3 atom stereocenters. The number of amides is 1. The van der Waals surface area contributed by atoms with Gasteiger partial charge in [0.05, 0.1) is 18.8 Å². The third kappa shape index (κ3) is 6.59. The number of benzene rings is 2. The quantitative estimate of drug-likeness (QED) is 0.453. The molecule has 8 nitrogen and oxygen atoms in total. The zero-order chi connectivity index (χ0) is 23.9. The second-order valence-electron chi connectivity index (χ2n) is 8.63. The van der Waals surface area contributed by atoms with Gasteiger partial charge < -0.3 is 29.7 Å². The summed E-state index contributed by atoms with van der Waals surface area (Å²) < 4.78 is 29.7. The van der Waals surface area contributed by atoms with Crippen LogP contribution in [0.15, 0.2) is 42.5 Å². The van der Waals surface area contributed by atoms with E-state index in [4.69, 9.17) is 14.2 Å². The number of aliphatic hydroxyl groups excluding tert-OH is 2. The molecule has 3 N–H and O–H groups in total. The van der Waals surface area contributed by atoms with Gasteiger partial charge in [-0.3, -0.25) is 9.69 Å². The van der Waals surface area contributed by atoms with Crippen LogP contribution in [0.25, 0.3) is 0 Å². The van der Waals surface area contributed by atoms with Crippen LogP contribution in [0.5, 0.6) is 17.2 Å². The molecule has 0 bridgehead atoms. The molecule has 0 radical (unpaired) electrons. The van der Waals surface area contributed by atoms with E-state index in [-0.39, 0.29) is 18.1 Å². The number of nitrogens with one attached hydrogen (secondary N) is 1. The van der Waals surface area contributed by atoms with E-state index in [1.54, 1.807) is 30.3 Å². The molecule has 2 aromatic rings. The van der Waals surface area contributed by atoms with Crippen LogP contribution < -0.4 is 19.5 Å². The van der Waals surface area contributed by atoms with Crippen molar-refractivity contribution in [3.63, 3.8) is 0 Å². The Morgan fingerprint density at radius 2 is 1.94 bits per heavy atom. The summed E-state index contributed by atoms with van der Waals surface area (Å²) in [5, 5.41) is 24.0. The van der Waals surface area contributed by atoms with Crippen LogP contribution in [0.4, 0.5) is 4.39 Å². The maximum atomic E-state index is 13.0. The number of fused-ring (bicyclic) bond motifs is 1. The summed E-state index contributed by atoms with van der Waals surface area (Å²) in [5.74, 6) is 1.21. The Morgan fingerprint density at radius 3 is 2.68 bits per heavy atom. The highest BCUT2D eigenvalue weighted by atomic mass is 19.1. The molecule has 34 heavy (non-hydrogen) atoms. The molecule has 1 saturated heterocycles. The van der Waals surface area contributed by atoms with Crippen molar-refractivity contribution in [3.8, 4) is 17.2 Å². The highest BCUT2D eigenvalue weighted by molar-refractivity contribution is 5.76. The maximum Gasteiger partial charge on any atom is 0.220 e. The van der Waals surface area contributed by atoms with Crippen molar-refractivity contribution in [2.45, 2.75) is 37.5 Å². The molecule has 2 aromatic carbocycles. The van der Waals surface area contributed by atoms with Crippen LogP contribution >= 0.6 is 0 Å². The Balaban J connectivity index is 1.34. The van der Waals surface area contributed by atoms with Crippen molar-refractivity contribution in [1.82, 2.24) is 10.2 Å². The average molecular weight is 475 g/mol. The van der Waals surface area contributed by atoms with Crippen molar-refractivity contribution in [2.24, 2.45) is 0 Å². The minimum Gasteiger partial charge on any atom is -0.494 e. The van der Waals surface area contributed by atoms with Gasteiger partial charge in [0.15, 0.2) is 11.5 Å². The second-order valence-corrected chi connectivity index (χ2v) is 8.63. The first-order valence-corrected chi connectivity index (χ1v) is 11.6. The summed E-state index contributed by atoms with van der Waals surface area (Å²) in [6, 6.07) is 10.4. The summed E-state index contributed by atoms with van der Waals surface area (Å²) in [7, 11) is 0. The van der Waals surface area contributed by atoms with Crippen LogP contribution in [0, 0.1) is 5.82 Å². The summed E-state index contributed by atoms with van der Waals surface area (Å²) in [4.78, 5) is 14.7. The van der Waals surface area contributed by atoms with E-state index in [9.17, 15) is 19.4 Å². The minimum atomic E-state index is -0.965. The summed E-state index contributed by atoms with van der Waals surface area (Å²) in [6.07, 6.45) is -0.00636. The van der Waals surface area contributed by atoms with E-state index in [1.807, 2.05) is 4.90 Å². The Labute approximate surface area is 198 Å². The third-order valence-corrected chi connectivity index (χ3v) is 5.97. The number of nitrogens with zero attached hydrogens (tertiary/aromatic N) is 1. The zero-order valence-corrected chi connectivity index (χ0v) is 19.0. The predicted octanol–water partition coefficient (Wildman–Crippen LogP) is 2.04. The lowest BCUT2D eigenvalue weighted by Crippen LogP contribution is -2.47. The van der Waals surface area contributed by atoms with Gasteiger partial charge in [0.2, 0.25) is 5.91 Å². The number of carbonyl (C=O) groups excluding carboxylic acids is 1. The van der Waals surface area contributed by atoms with Crippen molar-refractivity contribution < 1.29 is 33.6 Å². The molecule has 2 aliphatic heterocycles. The largest absolute Gasteiger partial charge is 0.494 e. The smallest absolute Gasteiger partial charge is 0.220 e. The maximum absolute atomic E-state index is 13.0. The van der Waals surface area contributed by atoms with E-state index in [0.717, 1.165) is 0 Å². The first-order chi connectivity index (χ1) is 16.5. The van der Waals surface area contributed by atoms with Crippen molar-refractivity contribution >= 4 is 5.91 Å². The van der Waals surface area contributed by atoms with Crippen LogP contribution in [0.2, 0.25) is 0 Å². The van der Waals surface area contributed by atoms with Gasteiger partial charge in [-0.1, -0.05) is 6.07 Å². The van der Waals surface area contributed by atoms with Crippen LogP contribution in [0.1, 0.15) is 30.9 Å². The molecule has 0 saturated carbocycles. The van der Waals surface area contributed by atoms with Crippen LogP contribution in [-0.2, 0) is 4.79 Å². The molecule has 1 amide bonds. The molecular formula is C25H31FN2O6. The Bertz CT molecular complexity index is 957. The zero-order valence-electron chi connectivity index (χ0n) is 19.0. The van der Waals surface area contributed by atoms with Crippen LogP contribution in [-0.4, -0.2) is 72.6 Å². The third-order valence-electron chi connectivity index (χ3n) is 5.97. The average Bonchev–Trinajstić information content (AvgIpc) is 3.26. The molecule has 0 aliphatic carbocycles. The fourth-order valence-electron chi connectivity index (χ4n) is 4.19. The number of hydrogen-bond donors (Lipinski definition) is 3. The summed E-state index contributed by atoms with van der Waals surface area (Å²) >= 11 is 0. The first kappa shape index (κ1) is 24.3. The number of hydrogen-bond acceptors (Lipinski definition) is 7. The fraction of sp³-hybridized carbons (Fsp3) is 0.480. The number of rotatable bonds is 10. The number of halogens is 1. The fourth-order valence-corrected chi connectivity index (χ4v) is 4.19. The first-order valence-electron chi connectivity index (χ1n) is 11.6. The topological polar surface area (TPSA) is 100 Å². The lowest BCUT2D eigenvalue weighted by atomic mass is 10.0. The molecule has 9 heteroatoms. The number of ether oxygens (including phenoxy) is 3. The molecule has 0 aromatic heterocycles. The molecule has 184 valence electrons. The summed E-state index contributed by atoms with van der Waals surface area (Å²) in [5.41, 5.74) is 0.619. The normalized spacial score (nSPS) is 19.4. The van der Waals surface area contributed by atoms with Gasteiger partial charge in [0.25, 0.3) is 0 Å². The molecule has 4 rings (SSSR count).